The molecule has 0 aliphatic carbocycles. The standard InChI is InChI=1S/C11H13F3N2O3S/c1-20(18,19)5-4-10(17)16-9-3-2-7(6-8(9)15)11(12,13)14/h2-3,6H,4-5,15H2,1H3,(H,16,17). The van der Waals surface area contributed by atoms with Gasteiger partial charge in [-0.1, -0.05) is 0 Å². The lowest BCUT2D eigenvalue weighted by Crippen LogP contribution is -2.17. The van der Waals surface area contributed by atoms with Crippen LogP contribution in [0.2, 0.25) is 0 Å². The van der Waals surface area contributed by atoms with Gasteiger partial charge in [0.1, 0.15) is 9.84 Å². The average molecular weight is 310 g/mol. The highest BCUT2D eigenvalue weighted by Crippen LogP contribution is 2.32. The summed E-state index contributed by atoms with van der Waals surface area (Å²) < 4.78 is 59.0. The predicted molar refractivity (Wildman–Crippen MR) is 68.8 cm³/mol. The van der Waals surface area contributed by atoms with Crippen LogP contribution in [0.25, 0.3) is 0 Å². The Morgan fingerprint density at radius 3 is 2.40 bits per heavy atom. The highest BCUT2D eigenvalue weighted by Gasteiger charge is 2.30. The molecule has 1 amide bonds. The summed E-state index contributed by atoms with van der Waals surface area (Å²) in [7, 11) is -3.29. The van der Waals surface area contributed by atoms with Gasteiger partial charge in [-0.3, -0.25) is 4.79 Å². The fourth-order valence-electron chi connectivity index (χ4n) is 1.34. The van der Waals surface area contributed by atoms with Crippen molar-refractivity contribution < 1.29 is 26.4 Å². The minimum absolute atomic E-state index is 0.0106. The number of benzene rings is 1. The summed E-state index contributed by atoms with van der Waals surface area (Å²) in [6, 6.07) is 2.51. The van der Waals surface area contributed by atoms with E-state index in [1.54, 1.807) is 0 Å². The summed E-state index contributed by atoms with van der Waals surface area (Å²) in [6.45, 7) is 0. The van der Waals surface area contributed by atoms with E-state index in [2.05, 4.69) is 5.32 Å². The van der Waals surface area contributed by atoms with Crippen LogP contribution in [0.4, 0.5) is 24.5 Å². The summed E-state index contributed by atoms with van der Waals surface area (Å²) in [5.74, 6) is -0.985. The van der Waals surface area contributed by atoms with Crippen molar-refractivity contribution >= 4 is 27.1 Å². The third-order valence-electron chi connectivity index (χ3n) is 2.35. The molecule has 112 valence electrons. The monoisotopic (exact) mass is 310 g/mol. The fourth-order valence-corrected chi connectivity index (χ4v) is 1.90. The van der Waals surface area contributed by atoms with Crippen molar-refractivity contribution in [2.45, 2.75) is 12.6 Å². The van der Waals surface area contributed by atoms with Crippen molar-refractivity contribution in [2.24, 2.45) is 0 Å². The van der Waals surface area contributed by atoms with E-state index < -0.39 is 27.5 Å². The van der Waals surface area contributed by atoms with Gasteiger partial charge in [-0.05, 0) is 18.2 Å². The van der Waals surface area contributed by atoms with Crippen LogP contribution in [0, 0.1) is 0 Å². The Balaban J connectivity index is 2.77. The first-order valence-electron chi connectivity index (χ1n) is 5.43. The first-order valence-corrected chi connectivity index (χ1v) is 7.49. The minimum atomic E-state index is -4.52. The summed E-state index contributed by atoms with van der Waals surface area (Å²) in [6.07, 6.45) is -3.83. The first kappa shape index (κ1) is 16.3. The quantitative estimate of drug-likeness (QED) is 0.828. The lowest BCUT2D eigenvalue weighted by molar-refractivity contribution is -0.137. The molecule has 1 rings (SSSR count). The van der Waals surface area contributed by atoms with Crippen molar-refractivity contribution in [1.29, 1.82) is 0 Å². The molecule has 0 aliphatic heterocycles. The minimum Gasteiger partial charge on any atom is -0.397 e. The van der Waals surface area contributed by atoms with Gasteiger partial charge in [0.2, 0.25) is 5.91 Å². The number of carbonyl (C=O) groups excluding carboxylic acids is 1. The van der Waals surface area contributed by atoms with Crippen LogP contribution >= 0.6 is 0 Å². The fraction of sp³-hybridized carbons (Fsp3) is 0.364. The highest BCUT2D eigenvalue weighted by atomic mass is 32.2. The van der Waals surface area contributed by atoms with Gasteiger partial charge >= 0.3 is 6.18 Å². The Kier molecular flexibility index (Phi) is 4.64. The van der Waals surface area contributed by atoms with Crippen LogP contribution in [-0.4, -0.2) is 26.3 Å². The van der Waals surface area contributed by atoms with Crippen molar-refractivity contribution in [3.63, 3.8) is 0 Å². The maximum absolute atomic E-state index is 12.4. The smallest absolute Gasteiger partial charge is 0.397 e. The van der Waals surface area contributed by atoms with Gasteiger partial charge in [-0.2, -0.15) is 13.2 Å². The number of alkyl halides is 3. The van der Waals surface area contributed by atoms with Gasteiger partial charge in [-0.15, -0.1) is 0 Å². The number of nitrogens with one attached hydrogen (secondary N) is 1. The van der Waals surface area contributed by atoms with Crippen LogP contribution < -0.4 is 11.1 Å². The van der Waals surface area contributed by atoms with Gasteiger partial charge in [0.25, 0.3) is 0 Å². The second-order valence-corrected chi connectivity index (χ2v) is 6.49. The molecule has 0 fully saturated rings. The predicted octanol–water partition coefficient (Wildman–Crippen LogP) is 1.66. The first-order chi connectivity index (χ1) is 8.99. The Morgan fingerprint density at radius 1 is 1.35 bits per heavy atom. The molecule has 0 unspecified atom stereocenters. The molecule has 20 heavy (non-hydrogen) atoms. The summed E-state index contributed by atoms with van der Waals surface area (Å²) in [4.78, 5) is 11.4. The van der Waals surface area contributed by atoms with Crippen molar-refractivity contribution in [3.05, 3.63) is 23.8 Å². The number of carbonyl (C=O) groups is 1. The molecule has 0 aliphatic rings. The van der Waals surface area contributed by atoms with Crippen LogP contribution in [0.5, 0.6) is 0 Å². The van der Waals surface area contributed by atoms with E-state index in [4.69, 9.17) is 5.73 Å². The Labute approximate surface area is 113 Å². The molecule has 1 aromatic carbocycles. The molecule has 1 aromatic rings. The highest BCUT2D eigenvalue weighted by molar-refractivity contribution is 7.90. The van der Waals surface area contributed by atoms with E-state index in [1.165, 1.54) is 0 Å². The van der Waals surface area contributed by atoms with Gasteiger partial charge < -0.3 is 11.1 Å². The molecule has 0 atom stereocenters. The van der Waals surface area contributed by atoms with E-state index in [9.17, 15) is 26.4 Å². The number of anilines is 2. The molecule has 0 saturated heterocycles. The lowest BCUT2D eigenvalue weighted by atomic mass is 10.1. The van der Waals surface area contributed by atoms with Crippen LogP contribution in [0.15, 0.2) is 18.2 Å². The molecule has 0 saturated carbocycles. The molecule has 0 bridgehead atoms. The number of halogens is 3. The maximum Gasteiger partial charge on any atom is 0.416 e. The average Bonchev–Trinajstić information content (AvgIpc) is 2.27. The van der Waals surface area contributed by atoms with Gasteiger partial charge in [0.15, 0.2) is 0 Å². The molecular formula is C11H13F3N2O3S. The number of sulfone groups is 1. The number of nitrogen functional groups attached to an aromatic ring is 1. The Morgan fingerprint density at radius 2 is 1.95 bits per heavy atom. The molecule has 0 spiro atoms. The SMILES string of the molecule is CS(=O)(=O)CCC(=O)Nc1ccc(C(F)(F)F)cc1N. The Bertz CT molecular complexity index is 612. The normalized spacial score (nSPS) is 12.2. The van der Waals surface area contributed by atoms with Crippen molar-refractivity contribution in [3.8, 4) is 0 Å². The Hall–Kier alpha value is -1.77. The number of nitrogens with two attached hydrogens (primary N) is 1. The van der Waals surface area contributed by atoms with E-state index in [-0.39, 0.29) is 23.5 Å². The van der Waals surface area contributed by atoms with Crippen LogP contribution in [-0.2, 0) is 20.8 Å². The number of hydrogen-bond acceptors (Lipinski definition) is 4. The maximum atomic E-state index is 12.4. The zero-order chi connectivity index (χ0) is 15.6. The summed E-state index contributed by atoms with van der Waals surface area (Å²) >= 11 is 0. The van der Waals surface area contributed by atoms with Gasteiger partial charge in [0.05, 0.1) is 22.7 Å². The molecule has 0 aromatic heterocycles. The third-order valence-corrected chi connectivity index (χ3v) is 3.30. The topological polar surface area (TPSA) is 89.3 Å². The number of rotatable bonds is 4. The zero-order valence-electron chi connectivity index (χ0n) is 10.5. The van der Waals surface area contributed by atoms with E-state index in [0.717, 1.165) is 18.4 Å². The van der Waals surface area contributed by atoms with Gasteiger partial charge in [-0.25, -0.2) is 8.42 Å². The van der Waals surface area contributed by atoms with E-state index in [0.29, 0.717) is 6.07 Å². The molecule has 9 heteroatoms. The third kappa shape index (κ3) is 5.08. The molecule has 0 heterocycles. The second-order valence-electron chi connectivity index (χ2n) is 4.23. The van der Waals surface area contributed by atoms with Crippen molar-refractivity contribution in [2.75, 3.05) is 23.1 Å². The van der Waals surface area contributed by atoms with Crippen LogP contribution in [0.1, 0.15) is 12.0 Å². The number of hydrogen-bond donors (Lipinski definition) is 2. The molecule has 0 radical (unpaired) electrons. The number of amides is 1. The lowest BCUT2D eigenvalue weighted by Gasteiger charge is -2.11. The van der Waals surface area contributed by atoms with Gasteiger partial charge in [0, 0.05) is 12.7 Å². The largest absolute Gasteiger partial charge is 0.416 e. The molecule has 5 nitrogen and oxygen atoms in total. The molecule has 3 N–H and O–H groups in total. The summed E-state index contributed by atoms with van der Waals surface area (Å²) in [5.41, 5.74) is 4.26. The summed E-state index contributed by atoms with van der Waals surface area (Å²) in [5, 5.41) is 2.27. The van der Waals surface area contributed by atoms with E-state index in [1.807, 2.05) is 0 Å². The molecular weight excluding hydrogens is 297 g/mol. The van der Waals surface area contributed by atoms with Crippen molar-refractivity contribution in [1.82, 2.24) is 0 Å². The second kappa shape index (κ2) is 5.70. The zero-order valence-corrected chi connectivity index (χ0v) is 11.3. The van der Waals surface area contributed by atoms with Crippen LogP contribution in [0.3, 0.4) is 0 Å². The van der Waals surface area contributed by atoms with E-state index >= 15 is 0 Å².